The molecule has 2 unspecified atom stereocenters. The maximum absolute atomic E-state index is 14.8. The van der Waals surface area contributed by atoms with Crippen molar-refractivity contribution in [2.75, 3.05) is 24.0 Å². The lowest BCUT2D eigenvalue weighted by Gasteiger charge is -2.37. The molecule has 0 amide bonds. The Balaban J connectivity index is 1.44. The predicted octanol–water partition coefficient (Wildman–Crippen LogP) is 3.50. The molecule has 2 aliphatic heterocycles. The molecular formula is C23H27ClFN5O8P2. The molecule has 17 heteroatoms. The van der Waals surface area contributed by atoms with Crippen molar-refractivity contribution in [3.8, 4) is 0 Å². The number of rotatable bonds is 8. The molecule has 5 rings (SSSR count). The van der Waals surface area contributed by atoms with E-state index in [4.69, 9.17) is 30.6 Å². The first-order valence-electron chi connectivity index (χ1n) is 12.3. The molecule has 5 atom stereocenters. The zero-order valence-electron chi connectivity index (χ0n) is 21.0. The predicted molar refractivity (Wildman–Crippen MR) is 142 cm³/mol. The third-order valence-corrected chi connectivity index (χ3v) is 10.5. The summed E-state index contributed by atoms with van der Waals surface area (Å²) >= 11 is 6.32. The second kappa shape index (κ2) is 11.2. The van der Waals surface area contributed by atoms with Crippen LogP contribution in [0, 0.1) is 5.82 Å². The lowest BCUT2D eigenvalue weighted by Crippen LogP contribution is -2.35. The van der Waals surface area contributed by atoms with E-state index in [9.17, 15) is 23.5 Å². The summed E-state index contributed by atoms with van der Waals surface area (Å²) in [7, 11) is -9.47. The number of aliphatic hydroxyl groups excluding tert-OH is 1. The summed E-state index contributed by atoms with van der Waals surface area (Å²) in [6.07, 6.45) is 0.271. The van der Waals surface area contributed by atoms with Crippen molar-refractivity contribution in [2.24, 2.45) is 0 Å². The summed E-state index contributed by atoms with van der Waals surface area (Å²) in [4.78, 5) is 42.9. The third-order valence-electron chi connectivity index (χ3n) is 6.85. The van der Waals surface area contributed by atoms with Crippen LogP contribution in [0.5, 0.6) is 0 Å². The molecule has 216 valence electrons. The number of piperidine rings is 1. The van der Waals surface area contributed by atoms with Gasteiger partial charge in [0.15, 0.2) is 29.1 Å². The summed E-state index contributed by atoms with van der Waals surface area (Å²) in [6, 6.07) is 6.23. The van der Waals surface area contributed by atoms with Crippen molar-refractivity contribution >= 4 is 43.8 Å². The number of anilines is 1. The van der Waals surface area contributed by atoms with Gasteiger partial charge in [-0.05, 0) is 42.5 Å². The van der Waals surface area contributed by atoms with Gasteiger partial charge in [-0.1, -0.05) is 24.8 Å². The molecule has 2 saturated heterocycles. The molecule has 1 aromatic carbocycles. The topological polar surface area (TPSA) is 180 Å². The van der Waals surface area contributed by atoms with Gasteiger partial charge in [-0.15, -0.1) is 0 Å². The van der Waals surface area contributed by atoms with E-state index in [0.717, 1.165) is 12.8 Å². The largest absolute Gasteiger partial charge is 0.384 e. The number of imidazole rings is 1. The van der Waals surface area contributed by atoms with Crippen LogP contribution in [0.2, 0.25) is 5.28 Å². The highest BCUT2D eigenvalue weighted by Crippen LogP contribution is 2.55. The summed E-state index contributed by atoms with van der Waals surface area (Å²) in [5, 5.41) is 10.8. The first-order chi connectivity index (χ1) is 18.8. The first kappa shape index (κ1) is 29.2. The highest BCUT2D eigenvalue weighted by Gasteiger charge is 2.42. The van der Waals surface area contributed by atoms with E-state index < -0.39 is 46.1 Å². The van der Waals surface area contributed by atoms with Crippen molar-refractivity contribution in [2.45, 2.75) is 43.7 Å². The third kappa shape index (κ3) is 6.01. The number of hydrogen-bond acceptors (Lipinski definition) is 9. The molecule has 4 heterocycles. The number of halogens is 2. The van der Waals surface area contributed by atoms with Gasteiger partial charge >= 0.3 is 15.2 Å². The van der Waals surface area contributed by atoms with Gasteiger partial charge in [-0.25, -0.2) is 9.37 Å². The van der Waals surface area contributed by atoms with Gasteiger partial charge in [0.05, 0.1) is 19.0 Å². The van der Waals surface area contributed by atoms with E-state index in [0.29, 0.717) is 29.9 Å². The number of ether oxygens (including phenoxy) is 1. The number of benzene rings is 1. The number of aromatic nitrogens is 4. The quantitative estimate of drug-likeness (QED) is 0.164. The number of nitrogens with zero attached hydrogens (tertiary/aromatic N) is 5. The minimum Gasteiger partial charge on any atom is -0.384 e. The highest BCUT2D eigenvalue weighted by molar-refractivity contribution is 7.70. The van der Waals surface area contributed by atoms with E-state index >= 15 is 0 Å². The van der Waals surface area contributed by atoms with Crippen LogP contribution in [-0.4, -0.2) is 70.6 Å². The van der Waals surface area contributed by atoms with E-state index in [2.05, 4.69) is 21.5 Å². The average Bonchev–Trinajstić information content (AvgIpc) is 3.41. The molecule has 0 saturated carbocycles. The molecule has 3 aromatic rings. The molecule has 2 fully saturated rings. The van der Waals surface area contributed by atoms with Gasteiger partial charge in [-0.2, -0.15) is 9.97 Å². The Hall–Kier alpha value is -2.25. The summed E-state index contributed by atoms with van der Waals surface area (Å²) in [6.45, 7) is 3.76. The highest BCUT2D eigenvalue weighted by atomic mass is 35.5. The smallest absolute Gasteiger partial charge is 0.340 e. The van der Waals surface area contributed by atoms with Gasteiger partial charge < -0.3 is 33.9 Å². The van der Waals surface area contributed by atoms with Gasteiger partial charge in [-0.3, -0.25) is 13.7 Å². The fourth-order valence-corrected chi connectivity index (χ4v) is 7.76. The van der Waals surface area contributed by atoms with E-state index in [-0.39, 0.29) is 28.4 Å². The minimum absolute atomic E-state index is 0.105. The second-order valence-electron chi connectivity index (χ2n) is 9.64. The Bertz CT molecular complexity index is 1540. The molecule has 0 aliphatic carbocycles. The summed E-state index contributed by atoms with van der Waals surface area (Å²) in [5.41, 5.74) is 1.20. The lowest BCUT2D eigenvalue weighted by atomic mass is 9.95. The molecular weight excluding hydrogens is 591 g/mol. The molecule has 4 N–H and O–H groups in total. The second-order valence-corrected chi connectivity index (χ2v) is 14.0. The van der Waals surface area contributed by atoms with Crippen molar-refractivity contribution in [1.82, 2.24) is 19.5 Å². The van der Waals surface area contributed by atoms with Crippen molar-refractivity contribution in [1.29, 1.82) is 0 Å². The zero-order chi connectivity index (χ0) is 28.8. The molecule has 40 heavy (non-hydrogen) atoms. The Kier molecular flexibility index (Phi) is 8.19. The normalized spacial score (nSPS) is 25.4. The van der Waals surface area contributed by atoms with Crippen LogP contribution in [0.4, 0.5) is 10.2 Å². The van der Waals surface area contributed by atoms with Gasteiger partial charge in [0, 0.05) is 12.1 Å². The van der Waals surface area contributed by atoms with Gasteiger partial charge in [0.25, 0.3) is 0 Å². The van der Waals surface area contributed by atoms with Crippen molar-refractivity contribution < 1.29 is 42.6 Å². The van der Waals surface area contributed by atoms with Crippen LogP contribution in [0.25, 0.3) is 11.2 Å². The molecule has 2 aromatic heterocycles. The van der Waals surface area contributed by atoms with Gasteiger partial charge in [0.2, 0.25) is 5.28 Å². The SMILES string of the molecule is C=C1[C@@H](O)[C@H](n2cnc3c(N4CCCCC4c4ccccc4F)nc(Cl)nc32)O[C@@H]1COP(=O)(O)CP(=O)(O)O. The monoisotopic (exact) mass is 617 g/mol. The number of aliphatic hydroxyl groups is 1. The zero-order valence-corrected chi connectivity index (χ0v) is 23.5. The number of fused-ring (bicyclic) bond motifs is 1. The molecule has 13 nitrogen and oxygen atoms in total. The molecule has 0 radical (unpaired) electrons. The van der Waals surface area contributed by atoms with Crippen LogP contribution in [0.1, 0.15) is 37.1 Å². The van der Waals surface area contributed by atoms with Crippen molar-refractivity contribution in [3.05, 3.63) is 59.4 Å². The molecule has 2 aliphatic rings. The summed E-state index contributed by atoms with van der Waals surface area (Å²) in [5.74, 6) is -1.30. The van der Waals surface area contributed by atoms with E-state index in [1.807, 2.05) is 4.90 Å². The maximum atomic E-state index is 14.8. The fraction of sp³-hybridized carbons (Fsp3) is 0.435. The van der Waals surface area contributed by atoms with Crippen LogP contribution in [0.3, 0.4) is 0 Å². The lowest BCUT2D eigenvalue weighted by molar-refractivity contribution is -0.0462. The minimum atomic E-state index is -4.82. The Morgan fingerprint density at radius 1 is 1.20 bits per heavy atom. The first-order valence-corrected chi connectivity index (χ1v) is 16.2. The standard InChI is InChI=1S/C23H27ClFN5O8P2/c1-13-17(10-37-40(35,36)12-39(32,33)34)38-22(19(13)31)30-11-26-18-20(27-23(24)28-21(18)30)29-9-5-4-8-16(29)14-6-2-3-7-15(14)25/h2-3,6-7,11,16-17,19,22,31H,1,4-5,8-10,12H2,(H,35,36)(H2,32,33,34)/t16?,17-,19-,22-/m1/s1. The van der Waals surface area contributed by atoms with Crippen LogP contribution < -0.4 is 4.90 Å². The number of hydrogen-bond donors (Lipinski definition) is 4. The van der Waals surface area contributed by atoms with Crippen LogP contribution in [0.15, 0.2) is 42.7 Å². The van der Waals surface area contributed by atoms with Crippen LogP contribution >= 0.6 is 26.8 Å². The molecule has 0 spiro atoms. The maximum Gasteiger partial charge on any atom is 0.340 e. The Morgan fingerprint density at radius 2 is 1.95 bits per heavy atom. The van der Waals surface area contributed by atoms with E-state index in [1.54, 1.807) is 18.2 Å². The average molecular weight is 618 g/mol. The van der Waals surface area contributed by atoms with Gasteiger partial charge in [0.1, 0.15) is 18.0 Å². The van der Waals surface area contributed by atoms with E-state index in [1.165, 1.54) is 17.0 Å². The fourth-order valence-electron chi connectivity index (χ4n) is 5.04. The molecule has 0 bridgehead atoms. The Morgan fingerprint density at radius 3 is 2.67 bits per heavy atom. The Labute approximate surface area is 232 Å². The summed E-state index contributed by atoms with van der Waals surface area (Å²) < 4.78 is 50.0. The van der Waals surface area contributed by atoms with Crippen LogP contribution in [-0.2, 0) is 18.4 Å². The van der Waals surface area contributed by atoms with Crippen molar-refractivity contribution in [3.63, 3.8) is 0 Å².